The number of methoxy groups -OCH3 is 1. The van der Waals surface area contributed by atoms with Gasteiger partial charge in [-0.2, -0.15) is 0 Å². The molecule has 1 heterocycles. The van der Waals surface area contributed by atoms with E-state index in [4.69, 9.17) is 4.74 Å². The Labute approximate surface area is 80.2 Å². The summed E-state index contributed by atoms with van der Waals surface area (Å²) in [7, 11) is 1.66. The van der Waals surface area contributed by atoms with Crippen molar-refractivity contribution in [3.8, 4) is 16.2 Å². The average molecular weight is 192 g/mol. The lowest BCUT2D eigenvalue weighted by atomic mass is 10.2. The van der Waals surface area contributed by atoms with Gasteiger partial charge in [-0.15, -0.1) is 5.10 Å². The van der Waals surface area contributed by atoms with Crippen LogP contribution in [0.25, 0.3) is 10.4 Å². The summed E-state index contributed by atoms with van der Waals surface area (Å²) in [4.78, 5) is 1.03. The Kier molecular flexibility index (Phi) is 2.23. The molecule has 0 radical (unpaired) electrons. The number of rotatable bonds is 2. The zero-order chi connectivity index (χ0) is 9.10. The van der Waals surface area contributed by atoms with Crippen LogP contribution in [0.1, 0.15) is 0 Å². The van der Waals surface area contributed by atoms with Crippen LogP contribution < -0.4 is 4.74 Å². The fraction of sp³-hybridized carbons (Fsp3) is 0.111. The smallest absolute Gasteiger partial charge is 0.127 e. The molecule has 2 rings (SSSR count). The minimum Gasteiger partial charge on any atom is -0.496 e. The van der Waals surface area contributed by atoms with Crippen molar-refractivity contribution in [3.05, 3.63) is 30.5 Å². The second kappa shape index (κ2) is 3.53. The van der Waals surface area contributed by atoms with Gasteiger partial charge in [0.1, 0.15) is 5.75 Å². The van der Waals surface area contributed by atoms with Gasteiger partial charge >= 0.3 is 0 Å². The molecule has 0 spiro atoms. The molecule has 0 saturated heterocycles. The third kappa shape index (κ3) is 1.53. The van der Waals surface area contributed by atoms with Crippen LogP contribution in [-0.2, 0) is 0 Å². The molecular weight excluding hydrogens is 184 g/mol. The number of hydrogen-bond donors (Lipinski definition) is 0. The van der Waals surface area contributed by atoms with Gasteiger partial charge in [-0.05, 0) is 23.7 Å². The first kappa shape index (κ1) is 8.19. The van der Waals surface area contributed by atoms with Crippen LogP contribution in [0.2, 0.25) is 0 Å². The largest absolute Gasteiger partial charge is 0.496 e. The lowest BCUT2D eigenvalue weighted by Crippen LogP contribution is -1.84. The Bertz CT molecular complexity index is 386. The van der Waals surface area contributed by atoms with E-state index in [1.165, 1.54) is 11.5 Å². The van der Waals surface area contributed by atoms with E-state index in [1.54, 1.807) is 13.3 Å². The molecule has 0 unspecified atom stereocenters. The van der Waals surface area contributed by atoms with Crippen LogP contribution >= 0.6 is 11.5 Å². The predicted octanol–water partition coefficient (Wildman–Crippen LogP) is 2.21. The molecule has 0 fully saturated rings. The molecule has 4 heteroatoms. The van der Waals surface area contributed by atoms with E-state index in [-0.39, 0.29) is 0 Å². The Morgan fingerprint density at radius 2 is 2.15 bits per heavy atom. The van der Waals surface area contributed by atoms with Crippen molar-refractivity contribution in [1.82, 2.24) is 9.59 Å². The number of aromatic nitrogens is 2. The number of nitrogens with zero attached hydrogens (tertiary/aromatic N) is 2. The molecule has 0 amide bonds. The van der Waals surface area contributed by atoms with Crippen LogP contribution in [0.5, 0.6) is 5.75 Å². The van der Waals surface area contributed by atoms with E-state index in [1.807, 2.05) is 24.3 Å². The highest BCUT2D eigenvalue weighted by molar-refractivity contribution is 7.09. The standard InChI is InChI=1S/C9H8N2OS/c1-12-8-5-3-2-4-7(8)9-6-10-11-13-9/h2-6H,1H3. The normalized spacial score (nSPS) is 9.92. The van der Waals surface area contributed by atoms with Gasteiger partial charge in [0, 0.05) is 5.56 Å². The molecule has 0 aliphatic heterocycles. The summed E-state index contributed by atoms with van der Waals surface area (Å²) >= 11 is 1.36. The summed E-state index contributed by atoms with van der Waals surface area (Å²) in [5.74, 6) is 0.855. The van der Waals surface area contributed by atoms with E-state index in [2.05, 4.69) is 9.59 Å². The highest BCUT2D eigenvalue weighted by atomic mass is 32.1. The van der Waals surface area contributed by atoms with Gasteiger partial charge in [0.2, 0.25) is 0 Å². The Morgan fingerprint density at radius 3 is 2.85 bits per heavy atom. The average Bonchev–Trinajstić information content (AvgIpc) is 2.70. The van der Waals surface area contributed by atoms with Crippen LogP contribution in [0.4, 0.5) is 0 Å². The Balaban J connectivity index is 2.51. The van der Waals surface area contributed by atoms with Crippen LogP contribution in [0, 0.1) is 0 Å². The summed E-state index contributed by atoms with van der Waals surface area (Å²) < 4.78 is 9.03. The molecule has 3 nitrogen and oxygen atoms in total. The van der Waals surface area contributed by atoms with E-state index < -0.39 is 0 Å². The summed E-state index contributed by atoms with van der Waals surface area (Å²) in [5.41, 5.74) is 1.04. The summed E-state index contributed by atoms with van der Waals surface area (Å²) in [6, 6.07) is 7.83. The first-order chi connectivity index (χ1) is 6.42. The van der Waals surface area contributed by atoms with Crippen molar-refractivity contribution >= 4 is 11.5 Å². The molecule has 0 N–H and O–H groups in total. The molecule has 13 heavy (non-hydrogen) atoms. The van der Waals surface area contributed by atoms with E-state index in [0.29, 0.717) is 0 Å². The molecule has 0 aliphatic rings. The predicted molar refractivity (Wildman–Crippen MR) is 51.9 cm³/mol. The lowest BCUT2D eigenvalue weighted by molar-refractivity contribution is 0.416. The van der Waals surface area contributed by atoms with Crippen LogP contribution in [0.3, 0.4) is 0 Å². The summed E-state index contributed by atoms with van der Waals surface area (Å²) in [6.45, 7) is 0. The maximum Gasteiger partial charge on any atom is 0.127 e. The van der Waals surface area contributed by atoms with Gasteiger partial charge in [-0.1, -0.05) is 16.6 Å². The highest BCUT2D eigenvalue weighted by Crippen LogP contribution is 2.30. The van der Waals surface area contributed by atoms with Crippen molar-refractivity contribution in [2.45, 2.75) is 0 Å². The van der Waals surface area contributed by atoms with Gasteiger partial charge in [0.15, 0.2) is 0 Å². The third-order valence-electron chi connectivity index (χ3n) is 1.73. The number of benzene rings is 1. The van der Waals surface area contributed by atoms with Crippen LogP contribution in [0.15, 0.2) is 30.5 Å². The number of hydrogen-bond acceptors (Lipinski definition) is 4. The molecule has 0 bridgehead atoms. The van der Waals surface area contributed by atoms with E-state index in [0.717, 1.165) is 16.2 Å². The first-order valence-corrected chi connectivity index (χ1v) is 4.60. The molecule has 1 aromatic heterocycles. The first-order valence-electron chi connectivity index (χ1n) is 3.82. The van der Waals surface area contributed by atoms with Gasteiger partial charge in [0.05, 0.1) is 18.2 Å². The van der Waals surface area contributed by atoms with Crippen molar-refractivity contribution in [1.29, 1.82) is 0 Å². The van der Waals surface area contributed by atoms with Crippen LogP contribution in [-0.4, -0.2) is 16.7 Å². The monoisotopic (exact) mass is 192 g/mol. The van der Waals surface area contributed by atoms with Crippen molar-refractivity contribution in [3.63, 3.8) is 0 Å². The highest BCUT2D eigenvalue weighted by Gasteiger charge is 2.05. The Hall–Kier alpha value is -1.42. The van der Waals surface area contributed by atoms with E-state index in [9.17, 15) is 0 Å². The minimum atomic E-state index is 0.855. The maximum absolute atomic E-state index is 5.22. The van der Waals surface area contributed by atoms with Gasteiger partial charge in [-0.3, -0.25) is 0 Å². The molecule has 0 atom stereocenters. The third-order valence-corrected chi connectivity index (χ3v) is 2.43. The lowest BCUT2D eigenvalue weighted by Gasteiger charge is -2.03. The molecule has 0 saturated carbocycles. The molecule has 2 aromatic rings. The minimum absolute atomic E-state index is 0.855. The zero-order valence-electron chi connectivity index (χ0n) is 7.10. The summed E-state index contributed by atoms with van der Waals surface area (Å²) in [5, 5.41) is 3.79. The number of para-hydroxylation sites is 1. The van der Waals surface area contributed by atoms with E-state index >= 15 is 0 Å². The maximum atomic E-state index is 5.22. The fourth-order valence-corrected chi connectivity index (χ4v) is 1.68. The quantitative estimate of drug-likeness (QED) is 0.731. The van der Waals surface area contributed by atoms with Gasteiger partial charge in [0.25, 0.3) is 0 Å². The topological polar surface area (TPSA) is 35.0 Å². The second-order valence-corrected chi connectivity index (χ2v) is 3.27. The zero-order valence-corrected chi connectivity index (χ0v) is 7.91. The number of ether oxygens (including phenoxy) is 1. The van der Waals surface area contributed by atoms with Gasteiger partial charge < -0.3 is 4.74 Å². The van der Waals surface area contributed by atoms with Crippen molar-refractivity contribution < 1.29 is 4.74 Å². The molecular formula is C9H8N2OS. The SMILES string of the molecule is COc1ccccc1-c1cnns1. The second-order valence-electron chi connectivity index (χ2n) is 2.48. The Morgan fingerprint density at radius 1 is 1.31 bits per heavy atom. The van der Waals surface area contributed by atoms with Gasteiger partial charge in [-0.25, -0.2) is 0 Å². The summed E-state index contributed by atoms with van der Waals surface area (Å²) in [6.07, 6.45) is 1.74. The molecule has 1 aromatic carbocycles. The van der Waals surface area contributed by atoms with Crippen molar-refractivity contribution in [2.75, 3.05) is 7.11 Å². The fourth-order valence-electron chi connectivity index (χ4n) is 1.13. The van der Waals surface area contributed by atoms with Crippen molar-refractivity contribution in [2.24, 2.45) is 0 Å². The molecule has 0 aliphatic carbocycles. The molecule has 66 valence electrons.